The van der Waals surface area contributed by atoms with E-state index in [2.05, 4.69) is 24.1 Å². The van der Waals surface area contributed by atoms with Gasteiger partial charge < -0.3 is 15.0 Å². The molecule has 1 aromatic rings. The van der Waals surface area contributed by atoms with Crippen molar-refractivity contribution in [2.24, 2.45) is 0 Å². The Morgan fingerprint density at radius 2 is 2.47 bits per heavy atom. The van der Waals surface area contributed by atoms with Crippen LogP contribution in [-0.2, 0) is 16.1 Å². The van der Waals surface area contributed by atoms with Crippen LogP contribution in [0.25, 0.3) is 0 Å². The van der Waals surface area contributed by atoms with E-state index < -0.39 is 0 Å². The van der Waals surface area contributed by atoms with Gasteiger partial charge in [0.1, 0.15) is 6.10 Å². The molecule has 1 aliphatic rings. The number of likely N-dealkylation sites (N-methyl/N-ethyl adjacent to an activating group) is 1. The zero-order chi connectivity index (χ0) is 13.8. The fourth-order valence-corrected chi connectivity index (χ4v) is 2.78. The second kappa shape index (κ2) is 6.45. The molecule has 1 saturated heterocycles. The number of carbonyl (C=O) groups excluding carboxylic acids is 1. The molecule has 0 aliphatic carbocycles. The van der Waals surface area contributed by atoms with Crippen molar-refractivity contribution >= 4 is 17.2 Å². The fraction of sp³-hybridized carbons (Fsp3) is 0.692. The Kier molecular flexibility index (Phi) is 4.90. The fourth-order valence-electron chi connectivity index (χ4n) is 1.95. The summed E-state index contributed by atoms with van der Waals surface area (Å²) in [5.41, 5.74) is 0.952. The highest BCUT2D eigenvalue weighted by Gasteiger charge is 2.25. The first-order chi connectivity index (χ1) is 9.08. The first-order valence-electron chi connectivity index (χ1n) is 6.59. The number of nitrogens with one attached hydrogen (secondary N) is 1. The van der Waals surface area contributed by atoms with Gasteiger partial charge in [-0.1, -0.05) is 13.8 Å². The maximum atomic E-state index is 12.2. The van der Waals surface area contributed by atoms with Crippen molar-refractivity contribution in [1.82, 2.24) is 15.2 Å². The van der Waals surface area contributed by atoms with E-state index in [1.807, 2.05) is 5.38 Å². The van der Waals surface area contributed by atoms with Crippen molar-refractivity contribution in [3.05, 3.63) is 16.1 Å². The van der Waals surface area contributed by atoms with E-state index >= 15 is 0 Å². The van der Waals surface area contributed by atoms with Gasteiger partial charge in [0.05, 0.1) is 23.9 Å². The van der Waals surface area contributed by atoms with E-state index in [1.54, 1.807) is 23.3 Å². The third-order valence-corrected chi connectivity index (χ3v) is 4.24. The number of aromatic nitrogens is 1. The summed E-state index contributed by atoms with van der Waals surface area (Å²) in [6.07, 6.45) is -0.359. The Labute approximate surface area is 118 Å². The summed E-state index contributed by atoms with van der Waals surface area (Å²) in [5.74, 6) is 0.455. The molecule has 106 valence electrons. The highest BCUT2D eigenvalue weighted by atomic mass is 32.1. The molecule has 0 bridgehead atoms. The third-order valence-electron chi connectivity index (χ3n) is 3.04. The summed E-state index contributed by atoms with van der Waals surface area (Å²) < 4.78 is 5.47. The number of rotatable bonds is 4. The predicted octanol–water partition coefficient (Wildman–Crippen LogP) is 1.21. The summed E-state index contributed by atoms with van der Waals surface area (Å²) in [4.78, 5) is 18.4. The van der Waals surface area contributed by atoms with Crippen LogP contribution in [0.1, 0.15) is 30.5 Å². The van der Waals surface area contributed by atoms with E-state index in [9.17, 15) is 4.79 Å². The lowest BCUT2D eigenvalue weighted by molar-refractivity contribution is -0.144. The molecular formula is C13H21N3O2S. The van der Waals surface area contributed by atoms with Gasteiger partial charge in [0, 0.05) is 31.4 Å². The zero-order valence-corrected chi connectivity index (χ0v) is 12.5. The first kappa shape index (κ1) is 14.4. The van der Waals surface area contributed by atoms with Gasteiger partial charge in [-0.15, -0.1) is 11.3 Å². The molecule has 0 unspecified atom stereocenters. The summed E-state index contributed by atoms with van der Waals surface area (Å²) in [5, 5.41) is 6.31. The maximum Gasteiger partial charge on any atom is 0.253 e. The van der Waals surface area contributed by atoms with Gasteiger partial charge in [0.2, 0.25) is 0 Å². The quantitative estimate of drug-likeness (QED) is 0.902. The van der Waals surface area contributed by atoms with Crippen LogP contribution in [0.3, 0.4) is 0 Å². The molecular weight excluding hydrogens is 262 g/mol. The van der Waals surface area contributed by atoms with Crippen LogP contribution in [0, 0.1) is 0 Å². The number of carbonyl (C=O) groups is 1. The van der Waals surface area contributed by atoms with E-state index in [4.69, 9.17) is 4.74 Å². The van der Waals surface area contributed by atoms with Crippen LogP contribution in [0.4, 0.5) is 0 Å². The minimum absolute atomic E-state index is 0.0197. The maximum absolute atomic E-state index is 12.2. The van der Waals surface area contributed by atoms with Crippen LogP contribution in [0.2, 0.25) is 0 Å². The lowest BCUT2D eigenvalue weighted by Crippen LogP contribution is -2.48. The normalized spacial score (nSPS) is 19.7. The van der Waals surface area contributed by atoms with Crippen LogP contribution >= 0.6 is 11.3 Å². The standard InChI is InChI=1S/C13H21N3O2S/c1-9(2)12-15-10(8-19-12)7-16(3)13(17)11-6-14-4-5-18-11/h8-9,11,14H,4-7H2,1-3H3/t11-/m1/s1. The molecule has 1 N–H and O–H groups in total. The molecule has 2 rings (SSSR count). The van der Waals surface area contributed by atoms with Gasteiger partial charge in [-0.3, -0.25) is 4.79 Å². The van der Waals surface area contributed by atoms with Gasteiger partial charge in [-0.25, -0.2) is 4.98 Å². The number of hydrogen-bond acceptors (Lipinski definition) is 5. The van der Waals surface area contributed by atoms with Crippen molar-refractivity contribution in [2.45, 2.75) is 32.4 Å². The Morgan fingerprint density at radius 3 is 3.05 bits per heavy atom. The average molecular weight is 283 g/mol. The first-order valence-corrected chi connectivity index (χ1v) is 7.47. The number of amides is 1. The van der Waals surface area contributed by atoms with Gasteiger partial charge >= 0.3 is 0 Å². The molecule has 1 atom stereocenters. The van der Waals surface area contributed by atoms with Crippen molar-refractivity contribution in [2.75, 3.05) is 26.7 Å². The second-order valence-electron chi connectivity index (χ2n) is 5.09. The molecule has 1 fully saturated rings. The summed E-state index contributed by atoms with van der Waals surface area (Å²) in [6, 6.07) is 0. The predicted molar refractivity (Wildman–Crippen MR) is 75.3 cm³/mol. The van der Waals surface area contributed by atoms with Crippen molar-refractivity contribution < 1.29 is 9.53 Å². The summed E-state index contributed by atoms with van der Waals surface area (Å²) >= 11 is 1.65. The lowest BCUT2D eigenvalue weighted by atomic mass is 10.2. The molecule has 0 radical (unpaired) electrons. The van der Waals surface area contributed by atoms with E-state index in [0.29, 0.717) is 25.6 Å². The SMILES string of the molecule is CC(C)c1nc(CN(C)C(=O)[C@H]2CNCCO2)cs1. The molecule has 5 nitrogen and oxygen atoms in total. The molecule has 2 heterocycles. The Hall–Kier alpha value is -0.980. The Morgan fingerprint density at radius 1 is 1.68 bits per heavy atom. The monoisotopic (exact) mass is 283 g/mol. The number of ether oxygens (including phenoxy) is 1. The minimum atomic E-state index is -0.359. The zero-order valence-electron chi connectivity index (χ0n) is 11.7. The third kappa shape index (κ3) is 3.75. The largest absolute Gasteiger partial charge is 0.366 e. The highest BCUT2D eigenvalue weighted by Crippen LogP contribution is 2.20. The summed E-state index contributed by atoms with van der Waals surface area (Å²) in [6.45, 7) is 6.80. The minimum Gasteiger partial charge on any atom is -0.366 e. The molecule has 0 saturated carbocycles. The molecule has 0 spiro atoms. The average Bonchev–Trinajstić information content (AvgIpc) is 2.87. The molecule has 19 heavy (non-hydrogen) atoms. The molecule has 0 aromatic carbocycles. The molecule has 1 amide bonds. The van der Waals surface area contributed by atoms with Gasteiger partial charge in [-0.2, -0.15) is 0 Å². The topological polar surface area (TPSA) is 54.5 Å². The van der Waals surface area contributed by atoms with E-state index in [1.165, 1.54) is 0 Å². The Bertz CT molecular complexity index is 427. The van der Waals surface area contributed by atoms with E-state index in [0.717, 1.165) is 17.2 Å². The number of hydrogen-bond donors (Lipinski definition) is 1. The van der Waals surface area contributed by atoms with Gasteiger partial charge in [0.25, 0.3) is 5.91 Å². The van der Waals surface area contributed by atoms with Crippen molar-refractivity contribution in [3.63, 3.8) is 0 Å². The van der Waals surface area contributed by atoms with Crippen LogP contribution in [0.5, 0.6) is 0 Å². The van der Waals surface area contributed by atoms with Crippen molar-refractivity contribution in [1.29, 1.82) is 0 Å². The molecule has 6 heteroatoms. The number of nitrogens with zero attached hydrogens (tertiary/aromatic N) is 2. The number of thiazole rings is 1. The van der Waals surface area contributed by atoms with Gasteiger partial charge in [0.15, 0.2) is 0 Å². The number of morpholine rings is 1. The lowest BCUT2D eigenvalue weighted by Gasteiger charge is -2.26. The summed E-state index contributed by atoms with van der Waals surface area (Å²) in [7, 11) is 1.80. The van der Waals surface area contributed by atoms with Crippen LogP contribution in [-0.4, -0.2) is 48.6 Å². The molecule has 1 aliphatic heterocycles. The molecule has 1 aromatic heterocycles. The van der Waals surface area contributed by atoms with Gasteiger partial charge in [-0.05, 0) is 0 Å². The highest BCUT2D eigenvalue weighted by molar-refractivity contribution is 7.09. The second-order valence-corrected chi connectivity index (χ2v) is 5.98. The van der Waals surface area contributed by atoms with Crippen LogP contribution in [0.15, 0.2) is 5.38 Å². The smallest absolute Gasteiger partial charge is 0.253 e. The van der Waals surface area contributed by atoms with Crippen molar-refractivity contribution in [3.8, 4) is 0 Å². The van der Waals surface area contributed by atoms with Crippen LogP contribution < -0.4 is 5.32 Å². The van der Waals surface area contributed by atoms with E-state index in [-0.39, 0.29) is 12.0 Å². The Balaban J connectivity index is 1.91.